The third kappa shape index (κ3) is 1.66. The maximum absolute atomic E-state index is 4.42. The molecule has 0 amide bonds. The maximum Gasteiger partial charge on any atom is 0.267 e. The summed E-state index contributed by atoms with van der Waals surface area (Å²) in [4.78, 5) is 12.5. The highest BCUT2D eigenvalue weighted by Gasteiger charge is 2.20. The summed E-state index contributed by atoms with van der Waals surface area (Å²) in [6.45, 7) is 3.84. The van der Waals surface area contributed by atoms with E-state index in [9.17, 15) is 0 Å². The second-order valence-corrected chi connectivity index (χ2v) is 3.82. The SMILES string of the molecule is Cc1cnc([NH+]2[N-]c3c(C)cnc[n+]3[N-]2)cn1. The number of rotatable bonds is 1. The van der Waals surface area contributed by atoms with Gasteiger partial charge in [0.25, 0.3) is 5.82 Å². The van der Waals surface area contributed by atoms with Crippen LogP contribution in [0, 0.1) is 13.8 Å². The van der Waals surface area contributed by atoms with E-state index in [1.807, 2.05) is 13.8 Å². The number of nitrogens with one attached hydrogen (secondary N) is 1. The van der Waals surface area contributed by atoms with E-state index >= 15 is 0 Å². The van der Waals surface area contributed by atoms with Crippen LogP contribution in [0.2, 0.25) is 0 Å². The van der Waals surface area contributed by atoms with Crippen LogP contribution in [0.3, 0.4) is 0 Å². The third-order valence-corrected chi connectivity index (χ3v) is 2.44. The van der Waals surface area contributed by atoms with Crippen molar-refractivity contribution in [2.24, 2.45) is 0 Å². The summed E-state index contributed by atoms with van der Waals surface area (Å²) in [6, 6.07) is 0. The summed E-state index contributed by atoms with van der Waals surface area (Å²) >= 11 is 0. The van der Waals surface area contributed by atoms with Crippen molar-refractivity contribution < 1.29 is 9.79 Å². The molecule has 2 aromatic heterocycles. The Morgan fingerprint density at radius 3 is 2.76 bits per heavy atom. The van der Waals surface area contributed by atoms with Gasteiger partial charge in [0.05, 0.1) is 18.2 Å². The molecule has 0 spiro atoms. The molecule has 7 nitrogen and oxygen atoms in total. The van der Waals surface area contributed by atoms with Crippen molar-refractivity contribution in [3.8, 4) is 0 Å². The van der Waals surface area contributed by atoms with Crippen LogP contribution in [0.25, 0.3) is 11.0 Å². The first-order chi connectivity index (χ1) is 8.24. The number of quaternary nitrogens is 1. The van der Waals surface area contributed by atoms with E-state index in [4.69, 9.17) is 0 Å². The van der Waals surface area contributed by atoms with E-state index in [0.717, 1.165) is 17.1 Å². The Hall–Kier alpha value is -2.28. The molecule has 3 heterocycles. The lowest BCUT2D eigenvalue weighted by Crippen LogP contribution is -2.98. The fourth-order valence-corrected chi connectivity index (χ4v) is 1.56. The summed E-state index contributed by atoms with van der Waals surface area (Å²) in [7, 11) is 0. The number of aromatic nitrogens is 4. The number of hydrogen-bond donors (Lipinski definition) is 1. The summed E-state index contributed by atoms with van der Waals surface area (Å²) in [5.74, 6) is 1.45. The summed E-state index contributed by atoms with van der Waals surface area (Å²) in [5.41, 5.74) is 10.6. The van der Waals surface area contributed by atoms with E-state index < -0.39 is 0 Å². The van der Waals surface area contributed by atoms with Crippen LogP contribution in [0.4, 0.5) is 11.6 Å². The Balaban J connectivity index is 1.91. The molecule has 1 unspecified atom stereocenters. The van der Waals surface area contributed by atoms with Crippen LogP contribution in [-0.2, 0) is 0 Å². The van der Waals surface area contributed by atoms with Crippen molar-refractivity contribution in [3.63, 3.8) is 0 Å². The summed E-state index contributed by atoms with van der Waals surface area (Å²) in [5, 5.41) is 0.564. The predicted molar refractivity (Wildman–Crippen MR) is 58.3 cm³/mol. The topological polar surface area (TPSA) is 75.2 Å². The molecule has 1 atom stereocenters. The van der Waals surface area contributed by atoms with E-state index in [-0.39, 0.29) is 0 Å². The molecule has 7 heteroatoms. The minimum Gasteiger partial charge on any atom is -0.383 e. The zero-order valence-electron chi connectivity index (χ0n) is 9.49. The fourth-order valence-electron chi connectivity index (χ4n) is 1.56. The van der Waals surface area contributed by atoms with Crippen LogP contribution in [0.5, 0.6) is 0 Å². The fraction of sp³-hybridized carbons (Fsp3) is 0.200. The minimum absolute atomic E-state index is 0.564. The molecule has 3 rings (SSSR count). The molecule has 86 valence electrons. The Morgan fingerprint density at radius 2 is 2.06 bits per heavy atom. The highest BCUT2D eigenvalue weighted by Crippen LogP contribution is 2.17. The monoisotopic (exact) mass is 229 g/mol. The molecule has 0 saturated heterocycles. The second kappa shape index (κ2) is 3.63. The van der Waals surface area contributed by atoms with Gasteiger partial charge in [-0.15, -0.1) is 0 Å². The van der Waals surface area contributed by atoms with Crippen molar-refractivity contribution >= 4 is 11.6 Å². The molecular weight excluding hydrogens is 218 g/mol. The maximum atomic E-state index is 4.42. The van der Waals surface area contributed by atoms with Crippen molar-refractivity contribution in [1.29, 1.82) is 0 Å². The Labute approximate surface area is 98.1 Å². The van der Waals surface area contributed by atoms with E-state index in [1.54, 1.807) is 29.6 Å². The standard InChI is InChI=1S/C10H11N7/c1-7-3-11-6-16-10(7)14-17(15-16)9-5-12-8(2)4-13-9/h3-6,17H,1-2H3. The molecule has 0 bridgehead atoms. The summed E-state index contributed by atoms with van der Waals surface area (Å²) < 4.78 is 1.65. The van der Waals surface area contributed by atoms with Gasteiger partial charge in [-0.25, -0.2) is 4.98 Å². The van der Waals surface area contributed by atoms with E-state index in [2.05, 4.69) is 25.9 Å². The number of aryl methyl sites for hydroxylation is 2. The van der Waals surface area contributed by atoms with Crippen molar-refractivity contribution in [2.75, 3.05) is 0 Å². The molecule has 1 aliphatic rings. The van der Waals surface area contributed by atoms with Crippen LogP contribution in [-0.4, -0.2) is 15.0 Å². The normalized spacial score (nSPS) is 17.2. The molecule has 17 heavy (non-hydrogen) atoms. The molecule has 0 aromatic carbocycles. The largest absolute Gasteiger partial charge is 0.383 e. The molecule has 0 radical (unpaired) electrons. The summed E-state index contributed by atoms with van der Waals surface area (Å²) in [6.07, 6.45) is 6.76. The van der Waals surface area contributed by atoms with Gasteiger partial charge in [0.1, 0.15) is 6.20 Å². The van der Waals surface area contributed by atoms with Gasteiger partial charge in [0, 0.05) is 11.8 Å². The van der Waals surface area contributed by atoms with Crippen LogP contribution in [0.1, 0.15) is 11.3 Å². The first-order valence-corrected chi connectivity index (χ1v) is 5.20. The van der Waals surface area contributed by atoms with E-state index in [0.29, 0.717) is 10.9 Å². The average Bonchev–Trinajstić information content (AvgIpc) is 2.75. The zero-order valence-corrected chi connectivity index (χ0v) is 9.49. The Bertz CT molecular complexity index is 551. The predicted octanol–water partition coefficient (Wildman–Crippen LogP) is -0.0219. The average molecular weight is 229 g/mol. The highest BCUT2D eigenvalue weighted by atomic mass is 15.9. The third-order valence-electron chi connectivity index (χ3n) is 2.44. The number of fused-ring (bicyclic) bond motifs is 1. The molecular formula is C10H11N7. The van der Waals surface area contributed by atoms with Crippen molar-refractivity contribution in [1.82, 2.24) is 15.0 Å². The van der Waals surface area contributed by atoms with Crippen molar-refractivity contribution in [3.05, 3.63) is 47.1 Å². The number of hydrogen-bond acceptors (Lipinski definition) is 3. The molecule has 0 fully saturated rings. The Morgan fingerprint density at radius 1 is 1.18 bits per heavy atom. The second-order valence-electron chi connectivity index (χ2n) is 3.82. The molecule has 2 aromatic rings. The van der Waals surface area contributed by atoms with Crippen molar-refractivity contribution in [2.45, 2.75) is 13.8 Å². The lowest BCUT2D eigenvalue weighted by Gasteiger charge is -2.18. The van der Waals surface area contributed by atoms with Gasteiger partial charge >= 0.3 is 0 Å². The number of nitrogens with zero attached hydrogens (tertiary/aromatic N) is 6. The minimum atomic E-state index is 0.564. The van der Waals surface area contributed by atoms with Gasteiger partial charge in [-0.1, -0.05) is 5.43 Å². The van der Waals surface area contributed by atoms with Gasteiger partial charge in [-0.05, 0) is 13.8 Å². The van der Waals surface area contributed by atoms with Gasteiger partial charge in [-0.3, -0.25) is 4.98 Å². The molecule has 1 N–H and O–H groups in total. The molecule has 0 aliphatic carbocycles. The Kier molecular flexibility index (Phi) is 2.12. The van der Waals surface area contributed by atoms with Gasteiger partial charge in [0.15, 0.2) is 5.82 Å². The van der Waals surface area contributed by atoms with Gasteiger partial charge in [-0.2, -0.15) is 10.1 Å². The van der Waals surface area contributed by atoms with E-state index in [1.165, 1.54) is 0 Å². The molecule has 1 aliphatic heterocycles. The lowest BCUT2D eigenvalue weighted by atomic mass is 10.3. The quantitative estimate of drug-likeness (QED) is 0.698. The lowest BCUT2D eigenvalue weighted by molar-refractivity contribution is -0.842. The first-order valence-electron chi connectivity index (χ1n) is 5.20. The molecule has 0 saturated carbocycles. The van der Waals surface area contributed by atoms with Crippen LogP contribution in [0.15, 0.2) is 24.9 Å². The van der Waals surface area contributed by atoms with Crippen LogP contribution < -0.4 is 9.79 Å². The van der Waals surface area contributed by atoms with Gasteiger partial charge in [0.2, 0.25) is 0 Å². The first kappa shape index (κ1) is 9.91. The van der Waals surface area contributed by atoms with Crippen LogP contribution >= 0.6 is 0 Å². The highest BCUT2D eigenvalue weighted by molar-refractivity contribution is 5.40. The zero-order chi connectivity index (χ0) is 11.8. The van der Waals surface area contributed by atoms with Gasteiger partial charge < -0.3 is 10.2 Å². The smallest absolute Gasteiger partial charge is 0.267 e.